The molecule has 0 aliphatic heterocycles. The first-order chi connectivity index (χ1) is 11.1. The van der Waals surface area contributed by atoms with E-state index in [1.165, 1.54) is 24.3 Å². The Morgan fingerprint density at radius 1 is 1.08 bits per heavy atom. The van der Waals surface area contributed by atoms with Crippen LogP contribution in [0.4, 0.5) is 5.82 Å². The molecule has 1 aromatic heterocycles. The minimum absolute atomic E-state index is 0.107. The second-order valence-corrected chi connectivity index (χ2v) is 8.79. The van der Waals surface area contributed by atoms with Crippen molar-refractivity contribution in [2.45, 2.75) is 31.2 Å². The van der Waals surface area contributed by atoms with Crippen molar-refractivity contribution in [2.24, 2.45) is 0 Å². The number of rotatable bonds is 4. The summed E-state index contributed by atoms with van der Waals surface area (Å²) in [6.45, 7) is 5.28. The molecule has 2 rings (SSSR count). The van der Waals surface area contributed by atoms with Crippen LogP contribution in [0.5, 0.6) is 0 Å². The van der Waals surface area contributed by atoms with Crippen molar-refractivity contribution in [3.05, 3.63) is 52.6 Å². The molecule has 1 heterocycles. The number of hydrogen-bond acceptors (Lipinski definition) is 4. The molecule has 0 fully saturated rings. The summed E-state index contributed by atoms with van der Waals surface area (Å²) in [5.74, 6) is 0.0480. The van der Waals surface area contributed by atoms with E-state index in [0.717, 1.165) is 4.47 Å². The topological polar surface area (TPSA) is 88.2 Å². The molecule has 0 saturated heterocycles. The van der Waals surface area contributed by atoms with Crippen LogP contribution in [0.25, 0.3) is 0 Å². The summed E-state index contributed by atoms with van der Waals surface area (Å²) in [6.07, 6.45) is 1.57. The van der Waals surface area contributed by atoms with E-state index in [0.29, 0.717) is 11.4 Å². The smallest absolute Gasteiger partial charge is 0.256 e. The average Bonchev–Trinajstić information content (AvgIpc) is 2.47. The first kappa shape index (κ1) is 18.6. The van der Waals surface area contributed by atoms with E-state index in [2.05, 4.69) is 31.0 Å². The molecule has 0 radical (unpaired) electrons. The van der Waals surface area contributed by atoms with E-state index in [1.807, 2.05) is 0 Å². The van der Waals surface area contributed by atoms with Crippen LogP contribution >= 0.6 is 15.9 Å². The molecule has 0 saturated carbocycles. The Labute approximate surface area is 149 Å². The predicted octanol–water partition coefficient (Wildman–Crippen LogP) is 3.17. The Balaban J connectivity index is 2.14. The van der Waals surface area contributed by atoms with Crippen molar-refractivity contribution < 1.29 is 13.2 Å². The van der Waals surface area contributed by atoms with Gasteiger partial charge in [-0.2, -0.15) is 0 Å². The third-order valence-corrected chi connectivity index (χ3v) is 5.08. The largest absolute Gasteiger partial charge is 0.307 e. The minimum atomic E-state index is -3.62. The number of carbonyl (C=O) groups is 1. The van der Waals surface area contributed by atoms with Crippen LogP contribution in [0.1, 0.15) is 31.1 Å². The number of nitrogens with zero attached hydrogens (tertiary/aromatic N) is 1. The van der Waals surface area contributed by atoms with Crippen LogP contribution < -0.4 is 10.0 Å². The summed E-state index contributed by atoms with van der Waals surface area (Å²) in [4.78, 5) is 16.3. The standard InChI is InChI=1S/C16H18BrN3O3S/c1-16(2,3)20-24(22,23)13-7-4-11(5-8-13)15(21)19-14-9-6-12(17)10-18-14/h4-10,20H,1-3H3,(H,18,19,21). The fourth-order valence-electron chi connectivity index (χ4n) is 1.89. The van der Waals surface area contributed by atoms with Crippen molar-refractivity contribution in [3.8, 4) is 0 Å². The van der Waals surface area contributed by atoms with Crippen LogP contribution in [-0.2, 0) is 10.0 Å². The lowest BCUT2D eigenvalue weighted by atomic mass is 10.1. The Hall–Kier alpha value is -1.77. The molecule has 8 heteroatoms. The van der Waals surface area contributed by atoms with E-state index >= 15 is 0 Å². The van der Waals surface area contributed by atoms with Gasteiger partial charge < -0.3 is 5.32 Å². The highest BCUT2D eigenvalue weighted by Gasteiger charge is 2.22. The fraction of sp³-hybridized carbons (Fsp3) is 0.250. The number of amides is 1. The number of nitrogens with one attached hydrogen (secondary N) is 2. The number of hydrogen-bond donors (Lipinski definition) is 2. The van der Waals surface area contributed by atoms with Crippen molar-refractivity contribution in [3.63, 3.8) is 0 Å². The van der Waals surface area contributed by atoms with Crippen LogP contribution in [0.3, 0.4) is 0 Å². The van der Waals surface area contributed by atoms with Gasteiger partial charge in [0.15, 0.2) is 0 Å². The average molecular weight is 412 g/mol. The zero-order valence-corrected chi connectivity index (χ0v) is 15.9. The third kappa shape index (κ3) is 5.12. The summed E-state index contributed by atoms with van der Waals surface area (Å²) < 4.78 is 27.8. The van der Waals surface area contributed by atoms with Gasteiger partial charge in [0.05, 0.1) is 4.90 Å². The van der Waals surface area contributed by atoms with Gasteiger partial charge in [0, 0.05) is 21.8 Å². The molecule has 1 aromatic carbocycles. The molecule has 2 N–H and O–H groups in total. The van der Waals surface area contributed by atoms with Gasteiger partial charge in [-0.15, -0.1) is 0 Å². The second kappa shape index (κ2) is 7.00. The maximum atomic E-state index is 12.2. The second-order valence-electron chi connectivity index (χ2n) is 6.20. The highest BCUT2D eigenvalue weighted by atomic mass is 79.9. The lowest BCUT2D eigenvalue weighted by molar-refractivity contribution is 0.102. The van der Waals surface area contributed by atoms with Gasteiger partial charge in [0.1, 0.15) is 5.82 Å². The van der Waals surface area contributed by atoms with Gasteiger partial charge in [-0.3, -0.25) is 4.79 Å². The number of halogens is 1. The molecule has 1 amide bonds. The zero-order valence-electron chi connectivity index (χ0n) is 13.5. The van der Waals surface area contributed by atoms with E-state index in [4.69, 9.17) is 0 Å². The lowest BCUT2D eigenvalue weighted by Crippen LogP contribution is -2.40. The molecular formula is C16H18BrN3O3S. The Morgan fingerprint density at radius 3 is 2.21 bits per heavy atom. The number of anilines is 1. The molecule has 0 aliphatic carbocycles. The molecule has 24 heavy (non-hydrogen) atoms. The van der Waals surface area contributed by atoms with Crippen LogP contribution in [0, 0.1) is 0 Å². The van der Waals surface area contributed by atoms with Gasteiger partial charge in [-0.25, -0.2) is 18.1 Å². The first-order valence-corrected chi connectivity index (χ1v) is 9.41. The number of aromatic nitrogens is 1. The summed E-state index contributed by atoms with van der Waals surface area (Å²) in [5, 5.41) is 2.65. The lowest BCUT2D eigenvalue weighted by Gasteiger charge is -2.20. The molecule has 6 nitrogen and oxygen atoms in total. The first-order valence-electron chi connectivity index (χ1n) is 7.14. The monoisotopic (exact) mass is 411 g/mol. The van der Waals surface area contributed by atoms with Crippen LogP contribution in [0.15, 0.2) is 52.0 Å². The van der Waals surface area contributed by atoms with Crippen LogP contribution in [0.2, 0.25) is 0 Å². The van der Waals surface area contributed by atoms with Gasteiger partial charge in [0.2, 0.25) is 10.0 Å². The molecule has 128 valence electrons. The van der Waals surface area contributed by atoms with Gasteiger partial charge in [-0.05, 0) is 73.1 Å². The van der Waals surface area contributed by atoms with E-state index in [1.54, 1.807) is 39.1 Å². The van der Waals surface area contributed by atoms with Crippen LogP contribution in [-0.4, -0.2) is 24.8 Å². The normalized spacial score (nSPS) is 12.0. The quantitative estimate of drug-likeness (QED) is 0.808. The summed E-state index contributed by atoms with van der Waals surface area (Å²) in [7, 11) is -3.62. The van der Waals surface area contributed by atoms with Crippen molar-refractivity contribution in [2.75, 3.05) is 5.32 Å². The molecular weight excluding hydrogens is 394 g/mol. The zero-order chi connectivity index (χ0) is 18.0. The Morgan fingerprint density at radius 2 is 1.71 bits per heavy atom. The van der Waals surface area contributed by atoms with Crippen molar-refractivity contribution >= 4 is 37.7 Å². The Bertz CT molecular complexity index is 826. The van der Waals surface area contributed by atoms with Gasteiger partial charge in [-0.1, -0.05) is 0 Å². The maximum Gasteiger partial charge on any atom is 0.256 e. The number of pyridine rings is 1. The summed E-state index contributed by atoms with van der Waals surface area (Å²) >= 11 is 3.27. The molecule has 0 unspecified atom stereocenters. The van der Waals surface area contributed by atoms with E-state index in [9.17, 15) is 13.2 Å². The summed E-state index contributed by atoms with van der Waals surface area (Å²) in [5.41, 5.74) is -0.239. The Kier molecular flexibility index (Phi) is 5.42. The molecule has 0 atom stereocenters. The number of benzene rings is 1. The van der Waals surface area contributed by atoms with E-state index in [-0.39, 0.29) is 10.8 Å². The minimum Gasteiger partial charge on any atom is -0.307 e. The van der Waals surface area contributed by atoms with Crippen molar-refractivity contribution in [1.29, 1.82) is 0 Å². The van der Waals surface area contributed by atoms with Gasteiger partial charge in [0.25, 0.3) is 5.91 Å². The summed E-state index contributed by atoms with van der Waals surface area (Å²) in [6, 6.07) is 9.15. The van der Waals surface area contributed by atoms with E-state index < -0.39 is 15.6 Å². The molecule has 2 aromatic rings. The van der Waals surface area contributed by atoms with Crippen molar-refractivity contribution in [1.82, 2.24) is 9.71 Å². The SMILES string of the molecule is CC(C)(C)NS(=O)(=O)c1ccc(C(=O)Nc2ccc(Br)cn2)cc1. The van der Waals surface area contributed by atoms with Gasteiger partial charge >= 0.3 is 0 Å². The fourth-order valence-corrected chi connectivity index (χ4v) is 3.54. The molecule has 0 aliphatic rings. The predicted molar refractivity (Wildman–Crippen MR) is 96.4 cm³/mol. The highest BCUT2D eigenvalue weighted by Crippen LogP contribution is 2.15. The maximum absolute atomic E-state index is 12.2. The third-order valence-electron chi connectivity index (χ3n) is 2.84. The number of carbonyl (C=O) groups excluding carboxylic acids is 1. The molecule has 0 bridgehead atoms. The number of sulfonamides is 1. The highest BCUT2D eigenvalue weighted by molar-refractivity contribution is 9.10. The molecule has 0 spiro atoms.